The maximum atomic E-state index is 15.1. The molecule has 2 aliphatic rings. The molecule has 6 heterocycles. The molecule has 8 N–H and O–H groups in total. The van der Waals surface area contributed by atoms with Gasteiger partial charge in [0.25, 0.3) is 5.56 Å². The number of H-pyrrole nitrogens is 1. The molecule has 2 saturated heterocycles. The number of aliphatic hydroxyl groups excluding tert-OH is 3. The second kappa shape index (κ2) is 11.6. The molecule has 4 aromatic heterocycles. The lowest BCUT2D eigenvalue weighted by Crippen LogP contribution is -2.34. The van der Waals surface area contributed by atoms with Gasteiger partial charge in [-0.25, -0.2) is 28.9 Å². The van der Waals surface area contributed by atoms with E-state index in [2.05, 4.69) is 42.2 Å². The lowest BCUT2D eigenvalue weighted by molar-refractivity contribution is -0.0320. The van der Waals surface area contributed by atoms with Crippen LogP contribution in [0.2, 0.25) is 0 Å². The second-order valence-corrected chi connectivity index (χ2v) is 14.0. The number of hydrogen-bond donors (Lipinski definition) is 7. The maximum Gasteiger partial charge on any atom is 0.386 e. The van der Waals surface area contributed by atoms with Crippen LogP contribution in [0.4, 0.5) is 16.2 Å². The van der Waals surface area contributed by atoms with Crippen molar-refractivity contribution >= 4 is 64.9 Å². The Kier molecular flexibility index (Phi) is 8.11. The molecule has 6 rings (SSSR count). The predicted octanol–water partition coefficient (Wildman–Crippen LogP) is -0.483. The number of thiol groups is 1. The van der Waals surface area contributed by atoms with Crippen molar-refractivity contribution in [3.8, 4) is 0 Å². The van der Waals surface area contributed by atoms with Gasteiger partial charge in [-0.1, -0.05) is 12.2 Å². The van der Waals surface area contributed by atoms with Crippen LogP contribution in [0.3, 0.4) is 0 Å². The van der Waals surface area contributed by atoms with Crippen LogP contribution >= 0.6 is 30.8 Å². The number of aliphatic hydroxyl groups is 3. The van der Waals surface area contributed by atoms with Crippen LogP contribution in [0.5, 0.6) is 0 Å². The molecule has 22 heteroatoms. The summed E-state index contributed by atoms with van der Waals surface area (Å²) in [5.41, 5.74) is 11.4. The molecule has 9 atom stereocenters. The molecule has 2 fully saturated rings. The van der Waals surface area contributed by atoms with Crippen LogP contribution in [0, 0.1) is 0 Å². The normalized spacial score (nSPS) is 30.8. The summed E-state index contributed by atoms with van der Waals surface area (Å²) >= 11 is 5.11. The van der Waals surface area contributed by atoms with Gasteiger partial charge in [0.15, 0.2) is 35.0 Å². The summed E-state index contributed by atoms with van der Waals surface area (Å²) in [6, 6.07) is 0. The number of imidazole rings is 2. The Labute approximate surface area is 249 Å². The summed E-state index contributed by atoms with van der Waals surface area (Å²) in [5.74, 6) is -0.0735. The van der Waals surface area contributed by atoms with Gasteiger partial charge in [0, 0.05) is 6.42 Å². The SMILES string of the molecule is Nc1nc2c(ncn2[C@@H]2S[C@H](CO)[C@@H](O)[C@H]2OP(=O)(S)OCC[C@H]2O[C@@H](n3cnc4c(N)ncnc43)[C@@H](F)[C@@H]2O)c(=O)[nH]1. The van der Waals surface area contributed by atoms with Crippen molar-refractivity contribution in [2.24, 2.45) is 0 Å². The summed E-state index contributed by atoms with van der Waals surface area (Å²) in [6.45, 7) is -5.00. The average Bonchev–Trinajstić information content (AvgIpc) is 3.71. The minimum Gasteiger partial charge on any atom is -0.395 e. The molecule has 43 heavy (non-hydrogen) atoms. The van der Waals surface area contributed by atoms with E-state index in [-0.39, 0.29) is 47.1 Å². The van der Waals surface area contributed by atoms with Crippen molar-refractivity contribution < 1.29 is 38.1 Å². The molecule has 0 saturated carbocycles. The van der Waals surface area contributed by atoms with Crippen LogP contribution in [0.25, 0.3) is 22.3 Å². The Morgan fingerprint density at radius 2 is 1.88 bits per heavy atom. The molecule has 0 spiro atoms. The fourth-order valence-corrected chi connectivity index (χ4v) is 8.04. The summed E-state index contributed by atoms with van der Waals surface area (Å²) < 4.78 is 47.8. The van der Waals surface area contributed by atoms with Gasteiger partial charge in [-0.2, -0.15) is 4.98 Å². The van der Waals surface area contributed by atoms with Crippen molar-refractivity contribution in [1.29, 1.82) is 0 Å². The zero-order valence-corrected chi connectivity index (χ0v) is 24.4. The number of anilines is 2. The largest absolute Gasteiger partial charge is 0.395 e. The zero-order chi connectivity index (χ0) is 30.6. The predicted molar refractivity (Wildman–Crippen MR) is 153 cm³/mol. The topological polar surface area (TPSA) is 265 Å². The third kappa shape index (κ3) is 5.49. The van der Waals surface area contributed by atoms with Gasteiger partial charge in [-0.3, -0.25) is 23.4 Å². The van der Waals surface area contributed by atoms with Gasteiger partial charge in [-0.05, 0) is 0 Å². The lowest BCUT2D eigenvalue weighted by Gasteiger charge is -2.26. The Bertz CT molecular complexity index is 1760. The zero-order valence-electron chi connectivity index (χ0n) is 21.8. The fourth-order valence-electron chi connectivity index (χ4n) is 5.03. The van der Waals surface area contributed by atoms with Gasteiger partial charge >= 0.3 is 6.80 Å². The van der Waals surface area contributed by atoms with Gasteiger partial charge in [0.2, 0.25) is 5.95 Å². The Balaban J connectivity index is 1.13. The summed E-state index contributed by atoms with van der Waals surface area (Å²) in [7, 11) is 0. The van der Waals surface area contributed by atoms with E-state index in [0.717, 1.165) is 11.8 Å². The standard InChI is InChI=1S/C21H26FN10O8PS2/c22-9-12(34)7(39-19(9)31-5-27-10-15(23)25-4-26-16(10)31)1-2-38-41(37,42)40-14-13(35)8(3-33)43-20(14)32-6-28-11-17(32)29-21(24)30-18(11)36/h4-9,12-14,19-20,33-35H,1-3H2,(H,37,42)(H2,23,25,26)(H3,24,29,30,36)/t7-,8-,9+,12-,13-,14-,19-,20-,41?/m1/s1. The van der Waals surface area contributed by atoms with Crippen molar-refractivity contribution in [3.63, 3.8) is 0 Å². The average molecular weight is 661 g/mol. The number of aromatic nitrogens is 8. The number of nitrogen functional groups attached to an aromatic ring is 2. The molecule has 4 aromatic rings. The minimum atomic E-state index is -4.21. The van der Waals surface area contributed by atoms with Crippen molar-refractivity contribution in [2.45, 2.75) is 53.9 Å². The minimum absolute atomic E-state index is 0.0278. The number of hydrogen-bond acceptors (Lipinski definition) is 16. The molecular weight excluding hydrogens is 634 g/mol. The third-order valence-corrected chi connectivity index (χ3v) is 10.3. The van der Waals surface area contributed by atoms with Crippen molar-refractivity contribution in [2.75, 3.05) is 24.7 Å². The number of alkyl halides is 1. The molecular formula is C21H26FN10O8PS2. The first-order chi connectivity index (χ1) is 20.5. The first-order valence-corrected chi connectivity index (χ1v) is 16.4. The Hall–Kier alpha value is -2.88. The van der Waals surface area contributed by atoms with E-state index in [1.165, 1.54) is 28.1 Å². The number of rotatable bonds is 9. The van der Waals surface area contributed by atoms with E-state index in [0.29, 0.717) is 0 Å². The van der Waals surface area contributed by atoms with Crippen LogP contribution in [-0.4, -0.2) is 103 Å². The molecule has 0 aromatic carbocycles. The molecule has 0 amide bonds. The van der Waals surface area contributed by atoms with Crippen LogP contribution < -0.4 is 17.0 Å². The number of thioether (sulfide) groups is 1. The Morgan fingerprint density at radius 1 is 1.14 bits per heavy atom. The smallest absolute Gasteiger partial charge is 0.386 e. The molecule has 232 valence electrons. The number of halogens is 1. The summed E-state index contributed by atoms with van der Waals surface area (Å²) in [4.78, 5) is 34.7. The van der Waals surface area contributed by atoms with E-state index in [9.17, 15) is 24.7 Å². The maximum absolute atomic E-state index is 15.1. The molecule has 2 aliphatic heterocycles. The number of nitrogens with one attached hydrogen (secondary N) is 1. The first-order valence-electron chi connectivity index (χ1n) is 12.7. The highest BCUT2D eigenvalue weighted by atomic mass is 32.7. The van der Waals surface area contributed by atoms with E-state index in [1.807, 2.05) is 0 Å². The van der Waals surface area contributed by atoms with E-state index >= 15 is 4.39 Å². The molecule has 18 nitrogen and oxygen atoms in total. The number of aromatic amines is 1. The van der Waals surface area contributed by atoms with E-state index < -0.39 is 66.4 Å². The summed E-state index contributed by atoms with van der Waals surface area (Å²) in [5, 5.41) is 29.5. The highest BCUT2D eigenvalue weighted by Gasteiger charge is 2.49. The van der Waals surface area contributed by atoms with Crippen molar-refractivity contribution in [3.05, 3.63) is 29.3 Å². The van der Waals surface area contributed by atoms with Gasteiger partial charge < -0.3 is 36.0 Å². The Morgan fingerprint density at radius 3 is 2.65 bits per heavy atom. The van der Waals surface area contributed by atoms with Gasteiger partial charge in [0.05, 0.1) is 43.3 Å². The monoisotopic (exact) mass is 660 g/mol. The number of nitrogens with two attached hydrogens (primary N) is 2. The van der Waals surface area contributed by atoms with E-state index in [4.69, 9.17) is 25.3 Å². The highest BCUT2D eigenvalue weighted by Crippen LogP contribution is 2.58. The second-order valence-electron chi connectivity index (χ2n) is 9.76. The fraction of sp³-hybridized carbons (Fsp3) is 0.524. The van der Waals surface area contributed by atoms with Gasteiger partial charge in [0.1, 0.15) is 29.4 Å². The number of nitrogens with zero attached hydrogens (tertiary/aromatic N) is 7. The molecule has 0 aliphatic carbocycles. The lowest BCUT2D eigenvalue weighted by atomic mass is 10.1. The number of fused-ring (bicyclic) bond motifs is 2. The third-order valence-electron chi connectivity index (χ3n) is 7.08. The highest BCUT2D eigenvalue weighted by molar-refractivity contribution is 8.44. The van der Waals surface area contributed by atoms with E-state index in [1.54, 1.807) is 0 Å². The van der Waals surface area contributed by atoms with Crippen molar-refractivity contribution in [1.82, 2.24) is 39.0 Å². The van der Waals surface area contributed by atoms with Gasteiger partial charge in [-0.15, -0.1) is 11.8 Å². The molecule has 1 unspecified atom stereocenters. The summed E-state index contributed by atoms with van der Waals surface area (Å²) in [6.07, 6.45) is -4.74. The quantitative estimate of drug-likeness (QED) is 0.0882. The van der Waals surface area contributed by atoms with Crippen LogP contribution in [0.15, 0.2) is 23.8 Å². The van der Waals surface area contributed by atoms with Crippen LogP contribution in [0.1, 0.15) is 18.0 Å². The first kappa shape index (κ1) is 30.2. The molecule has 0 bridgehead atoms. The molecule has 0 radical (unpaired) electrons. The number of ether oxygens (including phenoxy) is 1. The van der Waals surface area contributed by atoms with Crippen LogP contribution in [-0.2, 0) is 18.3 Å².